The SMILES string of the molecule is CCOC(=O)c1cnc(NCCc2cccc(F)c2)nc1. The second kappa shape index (κ2) is 7.33. The molecule has 0 amide bonds. The molecule has 0 atom stereocenters. The molecule has 0 fully saturated rings. The van der Waals surface area contributed by atoms with Crippen molar-refractivity contribution in [3.8, 4) is 0 Å². The van der Waals surface area contributed by atoms with Gasteiger partial charge in [-0.15, -0.1) is 0 Å². The zero-order valence-electron chi connectivity index (χ0n) is 11.7. The van der Waals surface area contributed by atoms with E-state index >= 15 is 0 Å². The third kappa shape index (κ3) is 4.52. The van der Waals surface area contributed by atoms with Crippen molar-refractivity contribution in [1.29, 1.82) is 0 Å². The number of benzene rings is 1. The average Bonchev–Trinajstić information content (AvgIpc) is 2.48. The van der Waals surface area contributed by atoms with Crippen LogP contribution in [0.4, 0.5) is 10.3 Å². The van der Waals surface area contributed by atoms with Gasteiger partial charge in [-0.2, -0.15) is 0 Å². The van der Waals surface area contributed by atoms with Crippen LogP contribution in [0.15, 0.2) is 36.7 Å². The Labute approximate surface area is 122 Å². The molecule has 1 heterocycles. The normalized spacial score (nSPS) is 10.2. The highest BCUT2D eigenvalue weighted by Gasteiger charge is 2.07. The van der Waals surface area contributed by atoms with Crippen molar-refractivity contribution in [2.45, 2.75) is 13.3 Å². The minimum atomic E-state index is -0.441. The van der Waals surface area contributed by atoms with Gasteiger partial charge in [-0.1, -0.05) is 12.1 Å². The van der Waals surface area contributed by atoms with Crippen LogP contribution in [0, 0.1) is 5.82 Å². The van der Waals surface area contributed by atoms with Gasteiger partial charge in [-0.3, -0.25) is 0 Å². The second-order valence-corrected chi connectivity index (χ2v) is 4.32. The summed E-state index contributed by atoms with van der Waals surface area (Å²) in [5.41, 5.74) is 1.21. The van der Waals surface area contributed by atoms with Gasteiger partial charge in [0.1, 0.15) is 5.82 Å². The lowest BCUT2D eigenvalue weighted by atomic mass is 10.1. The Hall–Kier alpha value is -2.50. The maximum atomic E-state index is 13.0. The van der Waals surface area contributed by atoms with Gasteiger partial charge in [0.05, 0.1) is 12.2 Å². The molecular weight excluding hydrogens is 273 g/mol. The Morgan fingerprint density at radius 1 is 1.33 bits per heavy atom. The Morgan fingerprint density at radius 3 is 2.76 bits per heavy atom. The van der Waals surface area contributed by atoms with Crippen LogP contribution in [0.5, 0.6) is 0 Å². The molecule has 1 aromatic heterocycles. The molecular formula is C15H16FN3O2. The molecule has 1 aromatic carbocycles. The number of esters is 1. The van der Waals surface area contributed by atoms with Crippen LogP contribution in [0.25, 0.3) is 0 Å². The number of nitrogens with zero attached hydrogens (tertiary/aromatic N) is 2. The van der Waals surface area contributed by atoms with Crippen molar-refractivity contribution >= 4 is 11.9 Å². The zero-order chi connectivity index (χ0) is 15.1. The highest BCUT2D eigenvalue weighted by molar-refractivity contribution is 5.88. The van der Waals surface area contributed by atoms with E-state index in [4.69, 9.17) is 4.74 Å². The second-order valence-electron chi connectivity index (χ2n) is 4.32. The minimum absolute atomic E-state index is 0.248. The molecule has 0 aliphatic rings. The number of aromatic nitrogens is 2. The molecule has 21 heavy (non-hydrogen) atoms. The van der Waals surface area contributed by atoms with E-state index in [1.54, 1.807) is 13.0 Å². The predicted molar refractivity (Wildman–Crippen MR) is 76.6 cm³/mol. The summed E-state index contributed by atoms with van der Waals surface area (Å²) in [6, 6.07) is 6.44. The van der Waals surface area contributed by atoms with Crippen LogP contribution < -0.4 is 5.32 Å². The topological polar surface area (TPSA) is 64.1 Å². The molecule has 0 aliphatic carbocycles. The number of halogens is 1. The standard InChI is InChI=1S/C15H16FN3O2/c1-2-21-14(20)12-9-18-15(19-10-12)17-7-6-11-4-3-5-13(16)8-11/h3-5,8-10H,2,6-7H2,1H3,(H,17,18,19). The lowest BCUT2D eigenvalue weighted by Gasteiger charge is -2.06. The summed E-state index contributed by atoms with van der Waals surface area (Å²) in [6.07, 6.45) is 3.48. The molecule has 0 unspecified atom stereocenters. The van der Waals surface area contributed by atoms with Crippen molar-refractivity contribution in [2.75, 3.05) is 18.5 Å². The Morgan fingerprint density at radius 2 is 2.10 bits per heavy atom. The fraction of sp³-hybridized carbons (Fsp3) is 0.267. The van der Waals surface area contributed by atoms with E-state index in [-0.39, 0.29) is 5.82 Å². The van der Waals surface area contributed by atoms with Gasteiger partial charge in [0.15, 0.2) is 0 Å². The number of hydrogen-bond donors (Lipinski definition) is 1. The largest absolute Gasteiger partial charge is 0.462 e. The van der Waals surface area contributed by atoms with E-state index < -0.39 is 5.97 Å². The number of rotatable bonds is 6. The number of carbonyl (C=O) groups is 1. The van der Waals surface area contributed by atoms with E-state index in [0.29, 0.717) is 31.1 Å². The summed E-state index contributed by atoms with van der Waals surface area (Å²) in [4.78, 5) is 19.5. The van der Waals surface area contributed by atoms with Crippen LogP contribution in [-0.4, -0.2) is 29.1 Å². The van der Waals surface area contributed by atoms with Gasteiger partial charge < -0.3 is 10.1 Å². The first-order valence-electron chi connectivity index (χ1n) is 6.66. The van der Waals surface area contributed by atoms with Crippen molar-refractivity contribution in [1.82, 2.24) is 9.97 Å². The predicted octanol–water partition coefficient (Wildman–Crippen LogP) is 2.45. The molecule has 0 saturated carbocycles. The highest BCUT2D eigenvalue weighted by atomic mass is 19.1. The van der Waals surface area contributed by atoms with Gasteiger partial charge in [-0.05, 0) is 31.0 Å². The zero-order valence-corrected chi connectivity index (χ0v) is 11.7. The first kappa shape index (κ1) is 14.9. The van der Waals surface area contributed by atoms with Crippen molar-refractivity contribution in [3.05, 3.63) is 53.6 Å². The third-order valence-electron chi connectivity index (χ3n) is 2.75. The summed E-state index contributed by atoms with van der Waals surface area (Å²) in [7, 11) is 0. The van der Waals surface area contributed by atoms with Crippen LogP contribution in [0.1, 0.15) is 22.8 Å². The fourth-order valence-corrected chi connectivity index (χ4v) is 1.75. The molecule has 0 bridgehead atoms. The highest BCUT2D eigenvalue weighted by Crippen LogP contribution is 2.06. The van der Waals surface area contributed by atoms with Crippen LogP contribution in [0.2, 0.25) is 0 Å². The molecule has 5 nitrogen and oxygen atoms in total. The van der Waals surface area contributed by atoms with Gasteiger partial charge in [0, 0.05) is 18.9 Å². The van der Waals surface area contributed by atoms with Gasteiger partial charge in [-0.25, -0.2) is 19.2 Å². The van der Waals surface area contributed by atoms with E-state index in [9.17, 15) is 9.18 Å². The summed E-state index contributed by atoms with van der Waals surface area (Å²) < 4.78 is 17.9. The molecule has 0 radical (unpaired) electrons. The maximum absolute atomic E-state index is 13.0. The lowest BCUT2D eigenvalue weighted by molar-refractivity contribution is 0.0525. The number of anilines is 1. The molecule has 110 valence electrons. The first-order valence-corrected chi connectivity index (χ1v) is 6.66. The third-order valence-corrected chi connectivity index (χ3v) is 2.75. The van der Waals surface area contributed by atoms with Gasteiger partial charge in [0.2, 0.25) is 5.95 Å². The molecule has 1 N–H and O–H groups in total. The first-order chi connectivity index (χ1) is 10.2. The Bertz CT molecular complexity index is 602. The molecule has 6 heteroatoms. The van der Waals surface area contributed by atoms with Crippen molar-refractivity contribution < 1.29 is 13.9 Å². The van der Waals surface area contributed by atoms with Crippen LogP contribution >= 0.6 is 0 Å². The van der Waals surface area contributed by atoms with Crippen molar-refractivity contribution in [2.24, 2.45) is 0 Å². The molecule has 2 rings (SSSR count). The molecule has 0 saturated heterocycles. The van der Waals surface area contributed by atoms with Gasteiger partial charge >= 0.3 is 5.97 Å². The number of hydrogen-bond acceptors (Lipinski definition) is 5. The minimum Gasteiger partial charge on any atom is -0.462 e. The monoisotopic (exact) mass is 289 g/mol. The van der Waals surface area contributed by atoms with Crippen LogP contribution in [-0.2, 0) is 11.2 Å². The Kier molecular flexibility index (Phi) is 5.20. The summed E-state index contributed by atoms with van der Waals surface area (Å²) in [5.74, 6) is -0.272. The van der Waals surface area contributed by atoms with Gasteiger partial charge in [0.25, 0.3) is 0 Å². The maximum Gasteiger partial charge on any atom is 0.341 e. The Balaban J connectivity index is 1.85. The summed E-state index contributed by atoms with van der Waals surface area (Å²) in [5, 5.41) is 3.01. The average molecular weight is 289 g/mol. The van der Waals surface area contributed by atoms with E-state index in [2.05, 4.69) is 15.3 Å². The van der Waals surface area contributed by atoms with E-state index in [1.165, 1.54) is 24.5 Å². The molecule has 0 spiro atoms. The fourth-order valence-electron chi connectivity index (χ4n) is 1.75. The number of ether oxygens (including phenoxy) is 1. The quantitative estimate of drug-likeness (QED) is 0.827. The lowest BCUT2D eigenvalue weighted by Crippen LogP contribution is -2.10. The van der Waals surface area contributed by atoms with E-state index in [0.717, 1.165) is 5.56 Å². The van der Waals surface area contributed by atoms with Crippen LogP contribution in [0.3, 0.4) is 0 Å². The summed E-state index contributed by atoms with van der Waals surface area (Å²) >= 11 is 0. The van der Waals surface area contributed by atoms with Crippen molar-refractivity contribution in [3.63, 3.8) is 0 Å². The molecule has 0 aliphatic heterocycles. The summed E-state index contributed by atoms with van der Waals surface area (Å²) in [6.45, 7) is 2.62. The van der Waals surface area contributed by atoms with E-state index in [1.807, 2.05) is 6.07 Å². The number of carbonyl (C=O) groups excluding carboxylic acids is 1. The smallest absolute Gasteiger partial charge is 0.341 e. The molecule has 2 aromatic rings. The number of nitrogens with one attached hydrogen (secondary N) is 1.